The van der Waals surface area contributed by atoms with E-state index in [1.165, 1.54) is 5.56 Å². The SMILES string of the molecule is Cc1ccc(-c2ccc(SF)cc2)cc1. The molecule has 0 amide bonds. The Kier molecular flexibility index (Phi) is 3.07. The zero-order valence-electron chi connectivity index (χ0n) is 8.41. The summed E-state index contributed by atoms with van der Waals surface area (Å²) in [6.07, 6.45) is 0. The molecule has 0 atom stereocenters. The predicted molar refractivity (Wildman–Crippen MR) is 63.6 cm³/mol. The Bertz CT molecular complexity index is 431. The van der Waals surface area contributed by atoms with Crippen molar-refractivity contribution < 1.29 is 3.89 Å². The van der Waals surface area contributed by atoms with Crippen molar-refractivity contribution in [1.82, 2.24) is 0 Å². The molecule has 0 radical (unpaired) electrons. The fourth-order valence-corrected chi connectivity index (χ4v) is 1.68. The van der Waals surface area contributed by atoms with Gasteiger partial charge < -0.3 is 0 Å². The molecule has 0 aliphatic carbocycles. The summed E-state index contributed by atoms with van der Waals surface area (Å²) in [7, 11) is 0. The predicted octanol–water partition coefficient (Wildman–Crippen LogP) is 4.64. The van der Waals surface area contributed by atoms with Crippen LogP contribution in [0.1, 0.15) is 5.56 Å². The van der Waals surface area contributed by atoms with Crippen LogP contribution in [0.4, 0.5) is 3.89 Å². The second kappa shape index (κ2) is 4.49. The highest BCUT2D eigenvalue weighted by molar-refractivity contribution is 7.94. The van der Waals surface area contributed by atoms with Gasteiger partial charge in [0.2, 0.25) is 0 Å². The van der Waals surface area contributed by atoms with Gasteiger partial charge in [-0.15, -0.1) is 0 Å². The van der Waals surface area contributed by atoms with Crippen LogP contribution in [0.25, 0.3) is 11.1 Å². The van der Waals surface area contributed by atoms with Crippen LogP contribution in [0.15, 0.2) is 53.4 Å². The van der Waals surface area contributed by atoms with E-state index in [2.05, 4.69) is 31.2 Å². The number of benzene rings is 2. The van der Waals surface area contributed by atoms with Gasteiger partial charge in [0.15, 0.2) is 0 Å². The van der Waals surface area contributed by atoms with Crippen molar-refractivity contribution in [3.8, 4) is 11.1 Å². The van der Waals surface area contributed by atoms with E-state index in [0.717, 1.165) is 11.1 Å². The van der Waals surface area contributed by atoms with E-state index in [4.69, 9.17) is 0 Å². The maximum Gasteiger partial charge on any atom is 0.0812 e. The molecule has 0 aliphatic heterocycles. The lowest BCUT2D eigenvalue weighted by Crippen LogP contribution is -1.78. The second-order valence-corrected chi connectivity index (χ2v) is 4.09. The third-order valence-electron chi connectivity index (χ3n) is 2.33. The van der Waals surface area contributed by atoms with E-state index in [1.54, 1.807) is 12.1 Å². The molecule has 2 aromatic rings. The Balaban J connectivity index is 2.33. The smallest absolute Gasteiger partial charge is 0.0812 e. The quantitative estimate of drug-likeness (QED) is 0.707. The van der Waals surface area contributed by atoms with E-state index >= 15 is 0 Å². The molecule has 0 saturated carbocycles. The van der Waals surface area contributed by atoms with Gasteiger partial charge in [0.1, 0.15) is 0 Å². The van der Waals surface area contributed by atoms with Crippen molar-refractivity contribution in [1.29, 1.82) is 0 Å². The molecular weight excluding hydrogens is 207 g/mol. The number of aryl methyl sites for hydroxylation is 1. The molecule has 0 heterocycles. The molecular formula is C13H11FS. The van der Waals surface area contributed by atoms with E-state index in [0.29, 0.717) is 4.90 Å². The van der Waals surface area contributed by atoms with Gasteiger partial charge >= 0.3 is 0 Å². The number of hydrogen-bond donors (Lipinski definition) is 0. The molecule has 76 valence electrons. The molecule has 2 heteroatoms. The Hall–Kier alpha value is -1.28. The van der Waals surface area contributed by atoms with E-state index in [1.807, 2.05) is 12.1 Å². The molecule has 0 aromatic heterocycles. The van der Waals surface area contributed by atoms with Gasteiger partial charge in [0, 0.05) is 4.90 Å². The van der Waals surface area contributed by atoms with Crippen LogP contribution in [0, 0.1) is 6.92 Å². The number of rotatable bonds is 2. The van der Waals surface area contributed by atoms with Gasteiger partial charge in [-0.2, -0.15) is 3.89 Å². The molecule has 0 aliphatic rings. The van der Waals surface area contributed by atoms with Gasteiger partial charge in [-0.05, 0) is 30.2 Å². The minimum Gasteiger partial charge on any atom is -0.160 e. The highest BCUT2D eigenvalue weighted by Crippen LogP contribution is 2.24. The molecule has 0 fully saturated rings. The zero-order valence-corrected chi connectivity index (χ0v) is 9.22. The molecule has 2 rings (SSSR count). The molecule has 0 N–H and O–H groups in total. The fourth-order valence-electron chi connectivity index (χ4n) is 1.44. The van der Waals surface area contributed by atoms with Gasteiger partial charge in [-0.1, -0.05) is 42.0 Å². The highest BCUT2D eigenvalue weighted by Gasteiger charge is 1.97. The van der Waals surface area contributed by atoms with Crippen molar-refractivity contribution in [2.24, 2.45) is 0 Å². The number of hydrogen-bond acceptors (Lipinski definition) is 1. The average Bonchev–Trinajstić information content (AvgIpc) is 2.30. The summed E-state index contributed by atoms with van der Waals surface area (Å²) in [5.41, 5.74) is 3.53. The Morgan fingerprint density at radius 3 is 1.73 bits per heavy atom. The lowest BCUT2D eigenvalue weighted by atomic mass is 10.0. The van der Waals surface area contributed by atoms with Gasteiger partial charge in [-0.3, -0.25) is 0 Å². The Morgan fingerprint density at radius 1 is 0.800 bits per heavy atom. The third kappa shape index (κ3) is 2.39. The lowest BCUT2D eigenvalue weighted by Gasteiger charge is -2.02. The van der Waals surface area contributed by atoms with Crippen LogP contribution < -0.4 is 0 Å². The maximum atomic E-state index is 12.2. The summed E-state index contributed by atoms with van der Waals surface area (Å²) >= 11 is 0.275. The summed E-state index contributed by atoms with van der Waals surface area (Å²) < 4.78 is 12.2. The Labute approximate surface area is 93.4 Å². The second-order valence-electron chi connectivity index (χ2n) is 3.47. The van der Waals surface area contributed by atoms with Crippen LogP contribution in [-0.4, -0.2) is 0 Å². The summed E-state index contributed by atoms with van der Waals surface area (Å²) in [5.74, 6) is 0. The molecule has 2 aromatic carbocycles. The first-order valence-electron chi connectivity index (χ1n) is 4.75. The monoisotopic (exact) mass is 218 g/mol. The number of halogens is 1. The third-order valence-corrected chi connectivity index (χ3v) is 2.78. The largest absolute Gasteiger partial charge is 0.160 e. The molecule has 0 unspecified atom stereocenters. The van der Waals surface area contributed by atoms with Gasteiger partial charge in [-0.25, -0.2) is 0 Å². The highest BCUT2D eigenvalue weighted by atomic mass is 32.2. The van der Waals surface area contributed by atoms with Crippen LogP contribution in [0.3, 0.4) is 0 Å². The first-order valence-corrected chi connectivity index (χ1v) is 5.47. The van der Waals surface area contributed by atoms with Crippen molar-refractivity contribution in [2.45, 2.75) is 11.8 Å². The zero-order chi connectivity index (χ0) is 10.7. The molecule has 15 heavy (non-hydrogen) atoms. The summed E-state index contributed by atoms with van der Waals surface area (Å²) in [5, 5.41) is 0. The normalized spacial score (nSPS) is 10.3. The van der Waals surface area contributed by atoms with Crippen LogP contribution >= 0.6 is 12.1 Å². The van der Waals surface area contributed by atoms with Crippen LogP contribution in [-0.2, 0) is 0 Å². The summed E-state index contributed by atoms with van der Waals surface area (Å²) in [6, 6.07) is 15.8. The average molecular weight is 218 g/mol. The fraction of sp³-hybridized carbons (Fsp3) is 0.0769. The molecule has 0 nitrogen and oxygen atoms in total. The molecule has 0 saturated heterocycles. The van der Waals surface area contributed by atoms with E-state index in [-0.39, 0.29) is 12.1 Å². The standard InChI is InChI=1S/C13H11FS/c1-10-2-4-11(5-3-10)12-6-8-13(15-14)9-7-12/h2-9H,1H3. The van der Waals surface area contributed by atoms with Crippen molar-refractivity contribution in [2.75, 3.05) is 0 Å². The minimum atomic E-state index is 0.275. The van der Waals surface area contributed by atoms with Crippen molar-refractivity contribution in [3.05, 3.63) is 54.1 Å². The molecule has 0 spiro atoms. The Morgan fingerprint density at radius 2 is 1.27 bits per heavy atom. The first kappa shape index (κ1) is 10.2. The van der Waals surface area contributed by atoms with Gasteiger partial charge in [0.05, 0.1) is 12.1 Å². The minimum absolute atomic E-state index is 0.275. The van der Waals surface area contributed by atoms with E-state index in [9.17, 15) is 3.89 Å². The van der Waals surface area contributed by atoms with Gasteiger partial charge in [0.25, 0.3) is 0 Å². The van der Waals surface area contributed by atoms with Crippen LogP contribution in [0.5, 0.6) is 0 Å². The first-order chi connectivity index (χ1) is 7.29. The summed E-state index contributed by atoms with van der Waals surface area (Å²) in [4.78, 5) is 0.644. The van der Waals surface area contributed by atoms with Crippen LogP contribution in [0.2, 0.25) is 0 Å². The molecule has 0 bridgehead atoms. The van der Waals surface area contributed by atoms with Crippen molar-refractivity contribution >= 4 is 12.1 Å². The summed E-state index contributed by atoms with van der Waals surface area (Å²) in [6.45, 7) is 2.06. The van der Waals surface area contributed by atoms with E-state index < -0.39 is 0 Å². The maximum absolute atomic E-state index is 12.2. The van der Waals surface area contributed by atoms with Crippen molar-refractivity contribution in [3.63, 3.8) is 0 Å². The lowest BCUT2D eigenvalue weighted by molar-refractivity contribution is 0.934. The topological polar surface area (TPSA) is 0 Å².